The van der Waals surface area contributed by atoms with Crippen LogP contribution in [0.5, 0.6) is 0 Å². The fraction of sp³-hybridized carbons (Fsp3) is 1.00. The summed E-state index contributed by atoms with van der Waals surface area (Å²) < 4.78 is 26.2. The van der Waals surface area contributed by atoms with Gasteiger partial charge in [-0.1, -0.05) is 0 Å². The van der Waals surface area contributed by atoms with E-state index in [2.05, 4.69) is 0 Å². The van der Waals surface area contributed by atoms with Crippen LogP contribution in [0.15, 0.2) is 0 Å². The van der Waals surface area contributed by atoms with E-state index in [1.165, 1.54) is 0 Å². The van der Waals surface area contributed by atoms with Gasteiger partial charge in [0.15, 0.2) is 0 Å². The highest BCUT2D eigenvalue weighted by Crippen LogP contribution is 2.44. The first kappa shape index (κ1) is 17.1. The van der Waals surface area contributed by atoms with Crippen LogP contribution in [0, 0.1) is 0 Å². The van der Waals surface area contributed by atoms with Crippen molar-refractivity contribution in [3.8, 4) is 0 Å². The molecular weight excluding hydrogens is 243 g/mol. The molecule has 1 N–H and O–H groups in total. The summed E-state index contributed by atoms with van der Waals surface area (Å²) >= 11 is 0. The number of ether oxygens (including phenoxy) is 1. The molecule has 0 heterocycles. The Morgan fingerprint density at radius 3 is 2.12 bits per heavy atom. The van der Waals surface area contributed by atoms with Crippen molar-refractivity contribution in [1.29, 1.82) is 0 Å². The van der Waals surface area contributed by atoms with Crippen molar-refractivity contribution in [3.05, 3.63) is 0 Å². The standard InChI is InChI=1S/C11H25O5P/c1-10(2)14-8-6-5-7-9-15-17(12,13)16-11(3)4/h10-11H,5-9H2,1-4H3,(H,12,13). The van der Waals surface area contributed by atoms with Crippen molar-refractivity contribution in [3.63, 3.8) is 0 Å². The summed E-state index contributed by atoms with van der Waals surface area (Å²) in [6.45, 7) is 8.33. The van der Waals surface area contributed by atoms with Crippen LogP contribution in [0.1, 0.15) is 47.0 Å². The Labute approximate surface area is 104 Å². The molecule has 0 amide bonds. The Kier molecular flexibility index (Phi) is 9.10. The van der Waals surface area contributed by atoms with Crippen molar-refractivity contribution in [2.24, 2.45) is 0 Å². The molecule has 0 aromatic heterocycles. The maximum Gasteiger partial charge on any atom is 0.472 e. The quantitative estimate of drug-likeness (QED) is 0.487. The average molecular weight is 268 g/mol. The molecule has 0 aliphatic rings. The topological polar surface area (TPSA) is 65.0 Å². The zero-order valence-electron chi connectivity index (χ0n) is 11.2. The molecule has 1 unspecified atom stereocenters. The summed E-state index contributed by atoms with van der Waals surface area (Å²) in [6.07, 6.45) is 2.51. The molecule has 0 aromatic carbocycles. The van der Waals surface area contributed by atoms with E-state index < -0.39 is 7.82 Å². The Morgan fingerprint density at radius 1 is 1.00 bits per heavy atom. The lowest BCUT2D eigenvalue weighted by Crippen LogP contribution is -2.05. The smallest absolute Gasteiger partial charge is 0.379 e. The molecule has 0 bridgehead atoms. The van der Waals surface area contributed by atoms with Crippen LogP contribution in [0.25, 0.3) is 0 Å². The van der Waals surface area contributed by atoms with Gasteiger partial charge in [-0.3, -0.25) is 9.05 Å². The minimum absolute atomic E-state index is 0.238. The van der Waals surface area contributed by atoms with Crippen LogP contribution in [-0.4, -0.2) is 30.3 Å². The molecule has 1 atom stereocenters. The third-order valence-electron chi connectivity index (χ3n) is 1.84. The second-order valence-corrected chi connectivity index (χ2v) is 5.84. The number of hydrogen-bond donors (Lipinski definition) is 1. The summed E-state index contributed by atoms with van der Waals surface area (Å²) in [5.74, 6) is 0. The normalized spacial score (nSPS) is 15.5. The number of hydrogen-bond acceptors (Lipinski definition) is 4. The van der Waals surface area contributed by atoms with E-state index in [1.54, 1.807) is 13.8 Å². The lowest BCUT2D eigenvalue weighted by Gasteiger charge is -2.14. The Hall–Kier alpha value is 0.0700. The largest absolute Gasteiger partial charge is 0.472 e. The number of unbranched alkanes of at least 4 members (excludes halogenated alkanes) is 2. The lowest BCUT2D eigenvalue weighted by molar-refractivity contribution is 0.0743. The van der Waals surface area contributed by atoms with E-state index in [9.17, 15) is 9.46 Å². The highest BCUT2D eigenvalue weighted by Gasteiger charge is 2.21. The van der Waals surface area contributed by atoms with Gasteiger partial charge >= 0.3 is 7.82 Å². The first-order valence-electron chi connectivity index (χ1n) is 6.11. The van der Waals surface area contributed by atoms with E-state index in [0.29, 0.717) is 0 Å². The number of phosphoric acid groups is 1. The van der Waals surface area contributed by atoms with Gasteiger partial charge in [0.25, 0.3) is 0 Å². The molecule has 0 saturated heterocycles. The second-order valence-electron chi connectivity index (χ2n) is 4.44. The predicted molar refractivity (Wildman–Crippen MR) is 66.9 cm³/mol. The zero-order chi connectivity index (χ0) is 13.3. The average Bonchev–Trinajstić information content (AvgIpc) is 2.13. The Balaban J connectivity index is 3.42. The molecule has 0 saturated carbocycles. The Morgan fingerprint density at radius 2 is 1.59 bits per heavy atom. The van der Waals surface area contributed by atoms with E-state index >= 15 is 0 Å². The first-order chi connectivity index (χ1) is 7.83. The van der Waals surface area contributed by atoms with Crippen molar-refractivity contribution in [2.45, 2.75) is 59.2 Å². The van der Waals surface area contributed by atoms with E-state index in [0.717, 1.165) is 25.9 Å². The van der Waals surface area contributed by atoms with E-state index in [4.69, 9.17) is 13.8 Å². The van der Waals surface area contributed by atoms with Crippen LogP contribution in [-0.2, 0) is 18.3 Å². The van der Waals surface area contributed by atoms with Gasteiger partial charge in [-0.2, -0.15) is 0 Å². The van der Waals surface area contributed by atoms with Gasteiger partial charge in [0.05, 0.1) is 18.8 Å². The number of phosphoric ester groups is 1. The molecular formula is C11H25O5P. The SMILES string of the molecule is CC(C)OCCCCCOP(=O)(O)OC(C)C. The third kappa shape index (κ3) is 12.3. The van der Waals surface area contributed by atoms with Gasteiger partial charge in [0, 0.05) is 6.61 Å². The van der Waals surface area contributed by atoms with Crippen molar-refractivity contribution in [2.75, 3.05) is 13.2 Å². The summed E-state index contributed by atoms with van der Waals surface area (Å²) in [6, 6.07) is 0. The fourth-order valence-electron chi connectivity index (χ4n) is 1.18. The third-order valence-corrected chi connectivity index (χ3v) is 3.04. The Bertz CT molecular complexity index is 230. The monoisotopic (exact) mass is 268 g/mol. The van der Waals surface area contributed by atoms with Crippen molar-refractivity contribution in [1.82, 2.24) is 0 Å². The summed E-state index contributed by atoms with van der Waals surface area (Å²) in [5.41, 5.74) is 0. The summed E-state index contributed by atoms with van der Waals surface area (Å²) in [5, 5.41) is 0. The highest BCUT2D eigenvalue weighted by molar-refractivity contribution is 7.47. The van der Waals surface area contributed by atoms with Crippen LogP contribution < -0.4 is 0 Å². The van der Waals surface area contributed by atoms with Crippen LogP contribution >= 0.6 is 7.82 Å². The van der Waals surface area contributed by atoms with Gasteiger partial charge in [-0.25, -0.2) is 4.57 Å². The predicted octanol–water partition coefficient (Wildman–Crippen LogP) is 3.12. The molecule has 0 aliphatic carbocycles. The van der Waals surface area contributed by atoms with Gasteiger partial charge in [0.2, 0.25) is 0 Å². The molecule has 0 rings (SSSR count). The summed E-state index contributed by atoms with van der Waals surface area (Å²) in [4.78, 5) is 9.25. The molecule has 104 valence electrons. The molecule has 0 spiro atoms. The zero-order valence-corrected chi connectivity index (χ0v) is 12.1. The van der Waals surface area contributed by atoms with E-state index in [1.807, 2.05) is 13.8 Å². The van der Waals surface area contributed by atoms with E-state index in [-0.39, 0.29) is 18.8 Å². The van der Waals surface area contributed by atoms with Crippen molar-refractivity contribution >= 4 is 7.82 Å². The molecule has 0 aliphatic heterocycles. The van der Waals surface area contributed by atoms with Crippen LogP contribution in [0.3, 0.4) is 0 Å². The lowest BCUT2D eigenvalue weighted by atomic mass is 10.2. The second kappa shape index (κ2) is 9.06. The highest BCUT2D eigenvalue weighted by atomic mass is 31.2. The molecule has 5 nitrogen and oxygen atoms in total. The number of rotatable bonds is 10. The fourth-order valence-corrected chi connectivity index (χ4v) is 2.13. The maximum atomic E-state index is 11.3. The molecule has 6 heteroatoms. The van der Waals surface area contributed by atoms with Gasteiger partial charge in [-0.15, -0.1) is 0 Å². The van der Waals surface area contributed by atoms with Crippen molar-refractivity contribution < 1.29 is 23.2 Å². The summed E-state index contributed by atoms with van der Waals surface area (Å²) in [7, 11) is -3.85. The molecule has 0 aromatic rings. The molecule has 0 radical (unpaired) electrons. The van der Waals surface area contributed by atoms with Gasteiger partial charge in [-0.05, 0) is 47.0 Å². The molecule has 0 fully saturated rings. The molecule has 17 heavy (non-hydrogen) atoms. The minimum atomic E-state index is -3.85. The minimum Gasteiger partial charge on any atom is -0.379 e. The van der Waals surface area contributed by atoms with Gasteiger partial charge in [0.1, 0.15) is 0 Å². The first-order valence-corrected chi connectivity index (χ1v) is 7.60. The van der Waals surface area contributed by atoms with Gasteiger partial charge < -0.3 is 9.63 Å². The van der Waals surface area contributed by atoms with Crippen LogP contribution in [0.4, 0.5) is 0 Å². The van der Waals surface area contributed by atoms with Crippen LogP contribution in [0.2, 0.25) is 0 Å². The maximum absolute atomic E-state index is 11.3.